The third-order valence-electron chi connectivity index (χ3n) is 2.02. The molecule has 0 aromatic heterocycles. The SMILES string of the molecule is CCOc1cc(N)cc(C2=CC2)c1. The summed E-state index contributed by atoms with van der Waals surface area (Å²) in [5.41, 5.74) is 9.09. The van der Waals surface area contributed by atoms with Crippen LogP contribution in [0.5, 0.6) is 5.75 Å². The molecule has 0 fully saturated rings. The van der Waals surface area contributed by atoms with Crippen molar-refractivity contribution in [1.82, 2.24) is 0 Å². The van der Waals surface area contributed by atoms with Crippen LogP contribution in [-0.4, -0.2) is 6.61 Å². The maximum absolute atomic E-state index is 5.75. The Bertz CT molecular complexity index is 355. The zero-order chi connectivity index (χ0) is 9.26. The summed E-state index contributed by atoms with van der Waals surface area (Å²) in [5, 5.41) is 0. The highest BCUT2D eigenvalue weighted by atomic mass is 16.5. The van der Waals surface area contributed by atoms with Crippen molar-refractivity contribution in [1.29, 1.82) is 0 Å². The smallest absolute Gasteiger partial charge is 0.121 e. The fourth-order valence-corrected chi connectivity index (χ4v) is 1.34. The number of nitrogens with two attached hydrogens (primary N) is 1. The van der Waals surface area contributed by atoms with Gasteiger partial charge in [0.1, 0.15) is 5.75 Å². The number of hydrogen-bond acceptors (Lipinski definition) is 2. The van der Waals surface area contributed by atoms with E-state index >= 15 is 0 Å². The summed E-state index contributed by atoms with van der Waals surface area (Å²) in [7, 11) is 0. The molecular formula is C11H13NO. The molecule has 13 heavy (non-hydrogen) atoms. The molecule has 0 saturated carbocycles. The first-order valence-electron chi connectivity index (χ1n) is 4.52. The van der Waals surface area contributed by atoms with Gasteiger partial charge in [-0.3, -0.25) is 0 Å². The third kappa shape index (κ3) is 1.83. The molecule has 0 bridgehead atoms. The molecule has 0 amide bonds. The van der Waals surface area contributed by atoms with Crippen LogP contribution in [0.4, 0.5) is 5.69 Å². The number of hydrogen-bond donors (Lipinski definition) is 1. The van der Waals surface area contributed by atoms with Crippen molar-refractivity contribution in [2.45, 2.75) is 13.3 Å². The monoisotopic (exact) mass is 175 g/mol. The molecule has 1 aromatic carbocycles. The molecule has 0 heterocycles. The topological polar surface area (TPSA) is 35.2 Å². The lowest BCUT2D eigenvalue weighted by atomic mass is 10.1. The number of ether oxygens (including phenoxy) is 1. The highest BCUT2D eigenvalue weighted by Gasteiger charge is 2.11. The van der Waals surface area contributed by atoms with E-state index in [1.165, 1.54) is 11.1 Å². The van der Waals surface area contributed by atoms with Crippen LogP contribution in [0.25, 0.3) is 5.57 Å². The second-order valence-corrected chi connectivity index (χ2v) is 3.16. The molecule has 0 atom stereocenters. The fourth-order valence-electron chi connectivity index (χ4n) is 1.34. The molecule has 68 valence electrons. The lowest BCUT2D eigenvalue weighted by molar-refractivity contribution is 0.340. The van der Waals surface area contributed by atoms with Gasteiger partial charge in [-0.1, -0.05) is 6.08 Å². The van der Waals surface area contributed by atoms with E-state index in [0.717, 1.165) is 17.9 Å². The van der Waals surface area contributed by atoms with Gasteiger partial charge in [0, 0.05) is 11.8 Å². The number of nitrogen functional groups attached to an aromatic ring is 1. The molecule has 1 aliphatic carbocycles. The Hall–Kier alpha value is -1.44. The summed E-state index contributed by atoms with van der Waals surface area (Å²) in [5.74, 6) is 0.866. The molecule has 0 unspecified atom stereocenters. The minimum atomic E-state index is 0.682. The van der Waals surface area contributed by atoms with Gasteiger partial charge in [-0.05, 0) is 36.6 Å². The Balaban J connectivity index is 2.30. The van der Waals surface area contributed by atoms with Crippen LogP contribution in [0, 0.1) is 0 Å². The summed E-state index contributed by atoms with van der Waals surface area (Å²) in [4.78, 5) is 0. The van der Waals surface area contributed by atoms with Crippen LogP contribution in [-0.2, 0) is 0 Å². The first-order valence-corrected chi connectivity index (χ1v) is 4.52. The van der Waals surface area contributed by atoms with E-state index in [-0.39, 0.29) is 0 Å². The summed E-state index contributed by atoms with van der Waals surface area (Å²) in [6.07, 6.45) is 3.28. The average Bonchev–Trinajstić information content (AvgIpc) is 2.85. The van der Waals surface area contributed by atoms with E-state index in [0.29, 0.717) is 6.61 Å². The maximum Gasteiger partial charge on any atom is 0.121 e. The zero-order valence-corrected chi connectivity index (χ0v) is 7.71. The van der Waals surface area contributed by atoms with Crippen molar-refractivity contribution >= 4 is 11.3 Å². The minimum Gasteiger partial charge on any atom is -0.494 e. The third-order valence-corrected chi connectivity index (χ3v) is 2.02. The van der Waals surface area contributed by atoms with Gasteiger partial charge in [0.2, 0.25) is 0 Å². The highest BCUT2D eigenvalue weighted by Crippen LogP contribution is 2.34. The number of anilines is 1. The molecular weight excluding hydrogens is 162 g/mol. The molecule has 0 aliphatic heterocycles. The van der Waals surface area contributed by atoms with Crippen LogP contribution < -0.4 is 10.5 Å². The van der Waals surface area contributed by atoms with Crippen LogP contribution >= 0.6 is 0 Å². The van der Waals surface area contributed by atoms with Crippen molar-refractivity contribution in [3.05, 3.63) is 29.8 Å². The zero-order valence-electron chi connectivity index (χ0n) is 7.71. The van der Waals surface area contributed by atoms with Crippen molar-refractivity contribution in [3.63, 3.8) is 0 Å². The molecule has 0 spiro atoms. The van der Waals surface area contributed by atoms with Crippen molar-refractivity contribution in [2.75, 3.05) is 12.3 Å². The fraction of sp³-hybridized carbons (Fsp3) is 0.273. The largest absolute Gasteiger partial charge is 0.494 e. The van der Waals surface area contributed by atoms with Gasteiger partial charge < -0.3 is 10.5 Å². The van der Waals surface area contributed by atoms with Crippen molar-refractivity contribution in [2.24, 2.45) is 0 Å². The van der Waals surface area contributed by atoms with Gasteiger partial charge in [-0.25, -0.2) is 0 Å². The van der Waals surface area contributed by atoms with Gasteiger partial charge in [0.25, 0.3) is 0 Å². The van der Waals surface area contributed by atoms with Gasteiger partial charge in [0.15, 0.2) is 0 Å². The van der Waals surface area contributed by atoms with Crippen molar-refractivity contribution in [3.8, 4) is 5.75 Å². The van der Waals surface area contributed by atoms with Crippen LogP contribution in [0.2, 0.25) is 0 Å². The number of benzene rings is 1. The Kier molecular flexibility index (Phi) is 1.97. The van der Waals surface area contributed by atoms with E-state index in [2.05, 4.69) is 6.08 Å². The molecule has 1 aromatic rings. The lowest BCUT2D eigenvalue weighted by Gasteiger charge is -2.05. The highest BCUT2D eigenvalue weighted by molar-refractivity contribution is 5.79. The maximum atomic E-state index is 5.75. The summed E-state index contributed by atoms with van der Waals surface area (Å²) < 4.78 is 5.40. The molecule has 0 radical (unpaired) electrons. The molecule has 1 aliphatic rings. The Morgan fingerprint density at radius 3 is 2.77 bits per heavy atom. The van der Waals surface area contributed by atoms with Crippen molar-refractivity contribution < 1.29 is 4.74 Å². The van der Waals surface area contributed by atoms with E-state index in [9.17, 15) is 0 Å². The Morgan fingerprint density at radius 2 is 2.15 bits per heavy atom. The Labute approximate surface area is 78.0 Å². The molecule has 2 heteroatoms. The molecule has 2 rings (SSSR count). The van der Waals surface area contributed by atoms with Gasteiger partial charge in [0.05, 0.1) is 6.61 Å². The van der Waals surface area contributed by atoms with Crippen LogP contribution in [0.15, 0.2) is 24.3 Å². The quantitative estimate of drug-likeness (QED) is 0.716. The minimum absolute atomic E-state index is 0.682. The summed E-state index contributed by atoms with van der Waals surface area (Å²) in [6, 6.07) is 5.88. The predicted molar refractivity (Wildman–Crippen MR) is 54.6 cm³/mol. The van der Waals surface area contributed by atoms with E-state index in [1.54, 1.807) is 0 Å². The number of allylic oxidation sites excluding steroid dienone is 2. The predicted octanol–water partition coefficient (Wildman–Crippen LogP) is 2.45. The lowest BCUT2D eigenvalue weighted by Crippen LogP contribution is -1.94. The van der Waals surface area contributed by atoms with Crippen LogP contribution in [0.3, 0.4) is 0 Å². The van der Waals surface area contributed by atoms with E-state index in [1.807, 2.05) is 25.1 Å². The Morgan fingerprint density at radius 1 is 1.38 bits per heavy atom. The van der Waals surface area contributed by atoms with E-state index in [4.69, 9.17) is 10.5 Å². The summed E-state index contributed by atoms with van der Waals surface area (Å²) in [6.45, 7) is 2.65. The summed E-state index contributed by atoms with van der Waals surface area (Å²) >= 11 is 0. The van der Waals surface area contributed by atoms with Gasteiger partial charge in [-0.2, -0.15) is 0 Å². The standard InChI is InChI=1S/C11H13NO/c1-2-13-11-6-9(8-3-4-8)5-10(12)7-11/h3,5-7H,2,4,12H2,1H3. The average molecular weight is 175 g/mol. The second-order valence-electron chi connectivity index (χ2n) is 3.16. The molecule has 0 saturated heterocycles. The first kappa shape index (κ1) is 8.17. The van der Waals surface area contributed by atoms with Gasteiger partial charge >= 0.3 is 0 Å². The van der Waals surface area contributed by atoms with Gasteiger partial charge in [-0.15, -0.1) is 0 Å². The number of rotatable bonds is 3. The second kappa shape index (κ2) is 3.13. The first-order chi connectivity index (χ1) is 6.29. The van der Waals surface area contributed by atoms with Crippen LogP contribution in [0.1, 0.15) is 18.9 Å². The normalized spacial score (nSPS) is 13.8. The van der Waals surface area contributed by atoms with E-state index < -0.39 is 0 Å². The molecule has 2 nitrogen and oxygen atoms in total. The molecule has 2 N–H and O–H groups in total.